The van der Waals surface area contributed by atoms with Crippen molar-refractivity contribution < 1.29 is 4.74 Å². The van der Waals surface area contributed by atoms with Crippen LogP contribution in [0.15, 0.2) is 36.5 Å². The van der Waals surface area contributed by atoms with Crippen molar-refractivity contribution in [3.05, 3.63) is 52.7 Å². The SMILES string of the molecule is Cc1cccc(Oc2nccc(CN)c2Cl)c1. The van der Waals surface area contributed by atoms with Crippen LogP contribution < -0.4 is 10.5 Å². The first-order valence-corrected chi connectivity index (χ1v) is 5.66. The maximum absolute atomic E-state index is 6.13. The molecule has 0 unspecified atom stereocenters. The number of hydrogen-bond donors (Lipinski definition) is 1. The first kappa shape index (κ1) is 11.9. The van der Waals surface area contributed by atoms with Crippen molar-refractivity contribution >= 4 is 11.6 Å². The normalized spacial score (nSPS) is 10.3. The Labute approximate surface area is 105 Å². The molecule has 2 rings (SSSR count). The van der Waals surface area contributed by atoms with Crippen LogP contribution in [0.4, 0.5) is 0 Å². The van der Waals surface area contributed by atoms with Crippen LogP contribution in [0, 0.1) is 6.92 Å². The second-order valence-electron chi connectivity index (χ2n) is 3.71. The van der Waals surface area contributed by atoms with Crippen LogP contribution in [0.1, 0.15) is 11.1 Å². The van der Waals surface area contributed by atoms with Gasteiger partial charge in [-0.25, -0.2) is 4.98 Å². The van der Waals surface area contributed by atoms with E-state index in [1.165, 1.54) is 0 Å². The predicted molar refractivity (Wildman–Crippen MR) is 68.4 cm³/mol. The summed E-state index contributed by atoms with van der Waals surface area (Å²) < 4.78 is 5.63. The lowest BCUT2D eigenvalue weighted by Gasteiger charge is -2.09. The number of aryl methyl sites for hydroxylation is 1. The Bertz CT molecular complexity index is 529. The number of halogens is 1. The Balaban J connectivity index is 2.30. The Morgan fingerprint density at radius 1 is 1.35 bits per heavy atom. The Morgan fingerprint density at radius 3 is 2.88 bits per heavy atom. The fourth-order valence-corrected chi connectivity index (χ4v) is 1.71. The van der Waals surface area contributed by atoms with E-state index in [0.29, 0.717) is 23.2 Å². The molecule has 4 heteroatoms. The highest BCUT2D eigenvalue weighted by Gasteiger charge is 2.08. The van der Waals surface area contributed by atoms with Gasteiger partial charge in [0, 0.05) is 12.7 Å². The number of benzene rings is 1. The van der Waals surface area contributed by atoms with Crippen LogP contribution in [0.25, 0.3) is 0 Å². The van der Waals surface area contributed by atoms with Gasteiger partial charge in [0.15, 0.2) is 0 Å². The van der Waals surface area contributed by atoms with Crippen molar-refractivity contribution in [2.75, 3.05) is 0 Å². The van der Waals surface area contributed by atoms with Crippen LogP contribution in [-0.2, 0) is 6.54 Å². The average molecular weight is 249 g/mol. The van der Waals surface area contributed by atoms with E-state index in [2.05, 4.69) is 4.98 Å². The fourth-order valence-electron chi connectivity index (χ4n) is 1.48. The topological polar surface area (TPSA) is 48.1 Å². The number of rotatable bonds is 3. The Morgan fingerprint density at radius 2 is 2.18 bits per heavy atom. The lowest BCUT2D eigenvalue weighted by molar-refractivity contribution is 0.462. The number of hydrogen-bond acceptors (Lipinski definition) is 3. The molecule has 0 amide bonds. The molecule has 0 bridgehead atoms. The van der Waals surface area contributed by atoms with Gasteiger partial charge in [0.05, 0.1) is 0 Å². The summed E-state index contributed by atoms with van der Waals surface area (Å²) in [6.45, 7) is 2.36. The van der Waals surface area contributed by atoms with E-state index in [1.807, 2.05) is 31.2 Å². The third-order valence-electron chi connectivity index (χ3n) is 2.36. The van der Waals surface area contributed by atoms with Crippen LogP contribution in [0.5, 0.6) is 11.6 Å². The summed E-state index contributed by atoms with van der Waals surface area (Å²) in [5.74, 6) is 1.11. The standard InChI is InChI=1S/C13H13ClN2O/c1-9-3-2-4-11(7-9)17-13-12(14)10(8-15)5-6-16-13/h2-7H,8,15H2,1H3. The molecule has 1 aromatic heterocycles. The Kier molecular flexibility index (Phi) is 3.61. The molecule has 1 aromatic carbocycles. The molecule has 0 aliphatic carbocycles. The zero-order chi connectivity index (χ0) is 12.3. The third kappa shape index (κ3) is 2.75. The van der Waals surface area contributed by atoms with E-state index >= 15 is 0 Å². The van der Waals surface area contributed by atoms with E-state index in [9.17, 15) is 0 Å². The predicted octanol–water partition coefficient (Wildman–Crippen LogP) is 3.29. The maximum atomic E-state index is 6.13. The van der Waals surface area contributed by atoms with Crippen LogP contribution in [0.2, 0.25) is 5.02 Å². The van der Waals surface area contributed by atoms with Gasteiger partial charge < -0.3 is 10.5 Å². The summed E-state index contributed by atoms with van der Waals surface area (Å²) in [6, 6.07) is 9.49. The van der Waals surface area contributed by atoms with Crippen molar-refractivity contribution in [3.8, 4) is 11.6 Å². The highest BCUT2D eigenvalue weighted by molar-refractivity contribution is 6.32. The average Bonchev–Trinajstić information content (AvgIpc) is 2.32. The van der Waals surface area contributed by atoms with Gasteiger partial charge in [-0.3, -0.25) is 0 Å². The summed E-state index contributed by atoms with van der Waals surface area (Å²) in [5.41, 5.74) is 7.51. The summed E-state index contributed by atoms with van der Waals surface area (Å²) >= 11 is 6.13. The maximum Gasteiger partial charge on any atom is 0.238 e. The van der Waals surface area contributed by atoms with Gasteiger partial charge in [-0.2, -0.15) is 0 Å². The first-order valence-electron chi connectivity index (χ1n) is 5.28. The molecule has 0 spiro atoms. The quantitative estimate of drug-likeness (QED) is 0.907. The zero-order valence-electron chi connectivity index (χ0n) is 9.48. The molecule has 0 saturated heterocycles. The lowest BCUT2D eigenvalue weighted by atomic mass is 10.2. The first-order chi connectivity index (χ1) is 8.20. The smallest absolute Gasteiger partial charge is 0.238 e. The van der Waals surface area contributed by atoms with Crippen LogP contribution >= 0.6 is 11.6 Å². The minimum absolute atomic E-state index is 0.367. The van der Waals surface area contributed by atoms with Crippen molar-refractivity contribution in [1.29, 1.82) is 0 Å². The van der Waals surface area contributed by atoms with Gasteiger partial charge in [0.1, 0.15) is 10.8 Å². The van der Waals surface area contributed by atoms with Gasteiger partial charge in [-0.1, -0.05) is 23.7 Å². The highest BCUT2D eigenvalue weighted by atomic mass is 35.5. The molecule has 3 nitrogen and oxygen atoms in total. The second-order valence-corrected chi connectivity index (χ2v) is 4.09. The molecular weight excluding hydrogens is 236 g/mol. The van der Waals surface area contributed by atoms with E-state index < -0.39 is 0 Å². The number of pyridine rings is 1. The molecule has 0 aliphatic rings. The molecule has 1 heterocycles. The number of nitrogens with two attached hydrogens (primary N) is 1. The number of ether oxygens (including phenoxy) is 1. The molecule has 2 aromatic rings. The van der Waals surface area contributed by atoms with Gasteiger partial charge in [-0.15, -0.1) is 0 Å². The second kappa shape index (κ2) is 5.17. The number of nitrogens with zero attached hydrogens (tertiary/aromatic N) is 1. The summed E-state index contributed by atoms with van der Waals surface area (Å²) in [4.78, 5) is 4.10. The molecule has 88 valence electrons. The van der Waals surface area contributed by atoms with Crippen molar-refractivity contribution in [1.82, 2.24) is 4.98 Å². The van der Waals surface area contributed by atoms with Gasteiger partial charge in [-0.05, 0) is 36.2 Å². The van der Waals surface area contributed by atoms with Gasteiger partial charge >= 0.3 is 0 Å². The highest BCUT2D eigenvalue weighted by Crippen LogP contribution is 2.29. The van der Waals surface area contributed by atoms with E-state index in [4.69, 9.17) is 22.1 Å². The molecule has 0 fully saturated rings. The van der Waals surface area contributed by atoms with Crippen molar-refractivity contribution in [2.45, 2.75) is 13.5 Å². The molecule has 0 saturated carbocycles. The summed E-state index contributed by atoms with van der Waals surface area (Å²) in [6.07, 6.45) is 1.64. The Hall–Kier alpha value is -1.58. The zero-order valence-corrected chi connectivity index (χ0v) is 10.2. The van der Waals surface area contributed by atoms with Gasteiger partial charge in [0.25, 0.3) is 0 Å². The van der Waals surface area contributed by atoms with Gasteiger partial charge in [0.2, 0.25) is 5.88 Å². The largest absolute Gasteiger partial charge is 0.438 e. The minimum atomic E-state index is 0.367. The lowest BCUT2D eigenvalue weighted by Crippen LogP contribution is -1.99. The van der Waals surface area contributed by atoms with E-state index in [-0.39, 0.29) is 0 Å². The molecule has 0 radical (unpaired) electrons. The number of aromatic nitrogens is 1. The minimum Gasteiger partial charge on any atom is -0.438 e. The van der Waals surface area contributed by atoms with E-state index in [1.54, 1.807) is 12.3 Å². The van der Waals surface area contributed by atoms with Crippen LogP contribution in [0.3, 0.4) is 0 Å². The molecule has 0 aliphatic heterocycles. The van der Waals surface area contributed by atoms with Crippen molar-refractivity contribution in [2.24, 2.45) is 5.73 Å². The molecular formula is C13H13ClN2O. The fraction of sp³-hybridized carbons (Fsp3) is 0.154. The van der Waals surface area contributed by atoms with Crippen molar-refractivity contribution in [3.63, 3.8) is 0 Å². The molecule has 17 heavy (non-hydrogen) atoms. The monoisotopic (exact) mass is 248 g/mol. The third-order valence-corrected chi connectivity index (χ3v) is 2.77. The molecule has 0 atom stereocenters. The summed E-state index contributed by atoms with van der Waals surface area (Å²) in [5, 5.41) is 0.469. The summed E-state index contributed by atoms with van der Waals surface area (Å²) in [7, 11) is 0. The van der Waals surface area contributed by atoms with Crippen LogP contribution in [-0.4, -0.2) is 4.98 Å². The van der Waals surface area contributed by atoms with E-state index in [0.717, 1.165) is 11.1 Å². The molecule has 2 N–H and O–H groups in total.